The van der Waals surface area contributed by atoms with Crippen molar-refractivity contribution in [2.24, 2.45) is 0 Å². The number of hydrogen-bond donors (Lipinski definition) is 1. The van der Waals surface area contributed by atoms with Crippen molar-refractivity contribution in [3.8, 4) is 22.1 Å². The smallest absolute Gasteiger partial charge is 0.257 e. The lowest BCUT2D eigenvalue weighted by Crippen LogP contribution is -2.28. The van der Waals surface area contributed by atoms with Crippen LogP contribution in [0.1, 0.15) is 34.9 Å². The minimum atomic E-state index is -0.297. The molecule has 4 aromatic rings. The van der Waals surface area contributed by atoms with E-state index in [-0.39, 0.29) is 12.0 Å². The topological polar surface area (TPSA) is 89.5 Å². The first kappa shape index (κ1) is 23.9. The SMILES string of the molecule is COc1cc(C(=O)Nc2nnc(-c3ccncc3)s2)ccc1OC(CN1CCCC1)c1ccccc1. The van der Waals surface area contributed by atoms with Crippen molar-refractivity contribution in [3.63, 3.8) is 0 Å². The lowest BCUT2D eigenvalue weighted by Gasteiger charge is -2.25. The number of pyridine rings is 1. The number of ether oxygens (including phenoxy) is 2. The number of likely N-dealkylation sites (tertiary alicyclic amines) is 1. The number of aromatic nitrogens is 3. The van der Waals surface area contributed by atoms with E-state index in [1.54, 1.807) is 37.7 Å². The molecule has 1 amide bonds. The van der Waals surface area contributed by atoms with Crippen LogP contribution in [-0.4, -0.2) is 52.7 Å². The number of carbonyl (C=O) groups is 1. The summed E-state index contributed by atoms with van der Waals surface area (Å²) < 4.78 is 12.1. The average molecular weight is 502 g/mol. The Hall–Kier alpha value is -3.82. The molecule has 0 saturated carbocycles. The third-order valence-electron chi connectivity index (χ3n) is 6.06. The van der Waals surface area contributed by atoms with Crippen LogP contribution in [0, 0.1) is 0 Å². The van der Waals surface area contributed by atoms with Crippen LogP contribution in [0.15, 0.2) is 73.1 Å². The Morgan fingerprint density at radius 2 is 1.81 bits per heavy atom. The summed E-state index contributed by atoms with van der Waals surface area (Å²) in [6.07, 6.45) is 5.67. The molecule has 0 bridgehead atoms. The molecule has 1 N–H and O–H groups in total. The van der Waals surface area contributed by atoms with Crippen LogP contribution in [0.5, 0.6) is 11.5 Å². The van der Waals surface area contributed by atoms with E-state index in [0.717, 1.165) is 30.8 Å². The molecule has 36 heavy (non-hydrogen) atoms. The van der Waals surface area contributed by atoms with Crippen LogP contribution >= 0.6 is 11.3 Å². The molecule has 0 aliphatic carbocycles. The second-order valence-corrected chi connectivity index (χ2v) is 9.47. The highest BCUT2D eigenvalue weighted by molar-refractivity contribution is 7.18. The number of benzene rings is 2. The average Bonchev–Trinajstić information content (AvgIpc) is 3.62. The fourth-order valence-electron chi connectivity index (χ4n) is 4.19. The summed E-state index contributed by atoms with van der Waals surface area (Å²) in [5.41, 5.74) is 2.44. The molecule has 0 radical (unpaired) electrons. The summed E-state index contributed by atoms with van der Waals surface area (Å²) in [5.74, 6) is 0.798. The zero-order valence-electron chi connectivity index (χ0n) is 20.0. The molecule has 1 fully saturated rings. The van der Waals surface area contributed by atoms with Gasteiger partial charge in [-0.1, -0.05) is 41.7 Å². The summed E-state index contributed by atoms with van der Waals surface area (Å²) in [7, 11) is 1.58. The Morgan fingerprint density at radius 1 is 1.03 bits per heavy atom. The van der Waals surface area contributed by atoms with E-state index in [1.807, 2.05) is 30.3 Å². The molecule has 1 saturated heterocycles. The highest BCUT2D eigenvalue weighted by Gasteiger charge is 2.22. The molecule has 2 aromatic heterocycles. The van der Waals surface area contributed by atoms with Gasteiger partial charge in [-0.3, -0.25) is 20.0 Å². The molecule has 9 heteroatoms. The molecule has 5 rings (SSSR count). The molecule has 3 heterocycles. The summed E-state index contributed by atoms with van der Waals surface area (Å²) in [6, 6.07) is 19.1. The van der Waals surface area contributed by atoms with Gasteiger partial charge >= 0.3 is 0 Å². The molecule has 0 spiro atoms. The predicted octanol–water partition coefficient (Wildman–Crippen LogP) is 5.08. The Kier molecular flexibility index (Phi) is 7.49. The number of hydrogen-bond acceptors (Lipinski definition) is 8. The van der Waals surface area contributed by atoms with Crippen LogP contribution in [0.3, 0.4) is 0 Å². The summed E-state index contributed by atoms with van der Waals surface area (Å²) in [5, 5.41) is 12.2. The molecule has 8 nitrogen and oxygen atoms in total. The normalized spacial score (nSPS) is 14.4. The maximum absolute atomic E-state index is 12.9. The zero-order chi connectivity index (χ0) is 24.7. The van der Waals surface area contributed by atoms with Gasteiger partial charge in [0, 0.05) is 30.1 Å². The number of nitrogens with zero attached hydrogens (tertiary/aromatic N) is 4. The van der Waals surface area contributed by atoms with Crippen molar-refractivity contribution in [1.82, 2.24) is 20.1 Å². The maximum atomic E-state index is 12.9. The molecule has 1 aliphatic rings. The molecule has 1 aliphatic heterocycles. The summed E-state index contributed by atoms with van der Waals surface area (Å²) in [6.45, 7) is 2.96. The van der Waals surface area contributed by atoms with E-state index in [4.69, 9.17) is 9.47 Å². The van der Waals surface area contributed by atoms with Gasteiger partial charge in [-0.15, -0.1) is 10.2 Å². The number of rotatable bonds is 9. The minimum absolute atomic E-state index is 0.147. The van der Waals surface area contributed by atoms with Crippen molar-refractivity contribution >= 4 is 22.4 Å². The molecule has 184 valence electrons. The molecule has 1 unspecified atom stereocenters. The van der Waals surface area contributed by atoms with Crippen LogP contribution in [0.2, 0.25) is 0 Å². The van der Waals surface area contributed by atoms with Crippen molar-refractivity contribution in [2.45, 2.75) is 18.9 Å². The van der Waals surface area contributed by atoms with Gasteiger partial charge in [0.25, 0.3) is 5.91 Å². The number of amides is 1. The first-order chi connectivity index (χ1) is 17.7. The Labute approximate surface area is 213 Å². The summed E-state index contributed by atoms with van der Waals surface area (Å²) >= 11 is 1.30. The van der Waals surface area contributed by atoms with E-state index < -0.39 is 0 Å². The van der Waals surface area contributed by atoms with Crippen LogP contribution in [-0.2, 0) is 0 Å². The Bertz CT molecular complexity index is 1290. The third kappa shape index (κ3) is 5.69. The van der Waals surface area contributed by atoms with Gasteiger partial charge in [-0.05, 0) is 61.8 Å². The van der Waals surface area contributed by atoms with E-state index in [2.05, 4.69) is 37.5 Å². The van der Waals surface area contributed by atoms with Crippen molar-refractivity contribution in [3.05, 3.63) is 84.2 Å². The lowest BCUT2D eigenvalue weighted by atomic mass is 10.1. The van der Waals surface area contributed by atoms with Gasteiger partial charge in [0.15, 0.2) is 11.5 Å². The second kappa shape index (κ2) is 11.3. The van der Waals surface area contributed by atoms with E-state index in [9.17, 15) is 4.79 Å². The monoisotopic (exact) mass is 501 g/mol. The lowest BCUT2D eigenvalue weighted by molar-refractivity contribution is 0.102. The van der Waals surface area contributed by atoms with E-state index >= 15 is 0 Å². The Balaban J connectivity index is 1.31. The third-order valence-corrected chi connectivity index (χ3v) is 6.95. The van der Waals surface area contributed by atoms with E-state index in [1.165, 1.54) is 24.2 Å². The van der Waals surface area contributed by atoms with Crippen LogP contribution < -0.4 is 14.8 Å². The van der Waals surface area contributed by atoms with Gasteiger partial charge in [-0.25, -0.2) is 0 Å². The Morgan fingerprint density at radius 3 is 2.56 bits per heavy atom. The van der Waals surface area contributed by atoms with Gasteiger partial charge < -0.3 is 9.47 Å². The van der Waals surface area contributed by atoms with E-state index in [0.29, 0.717) is 27.2 Å². The highest BCUT2D eigenvalue weighted by atomic mass is 32.1. The van der Waals surface area contributed by atoms with Crippen LogP contribution in [0.25, 0.3) is 10.6 Å². The standard InChI is InChI=1S/C27H27N5O3S/c1-34-23-17-21(25(33)29-27-31-30-26(36-27)20-11-13-28-14-12-20)9-10-22(23)35-24(18-32-15-5-6-16-32)19-7-3-2-4-8-19/h2-4,7-14,17,24H,5-6,15-16,18H2,1H3,(H,29,31,33). The number of carbonyl (C=O) groups excluding carboxylic acids is 1. The predicted molar refractivity (Wildman–Crippen MR) is 140 cm³/mol. The number of nitrogens with one attached hydrogen (secondary N) is 1. The molecular formula is C27H27N5O3S. The molecule has 1 atom stereocenters. The first-order valence-electron chi connectivity index (χ1n) is 11.9. The van der Waals surface area contributed by atoms with Gasteiger partial charge in [0.05, 0.1) is 7.11 Å². The largest absolute Gasteiger partial charge is 0.493 e. The maximum Gasteiger partial charge on any atom is 0.257 e. The highest BCUT2D eigenvalue weighted by Crippen LogP contribution is 2.33. The fraction of sp³-hybridized carbons (Fsp3) is 0.259. The van der Waals surface area contributed by atoms with Crippen molar-refractivity contribution in [1.29, 1.82) is 0 Å². The number of anilines is 1. The first-order valence-corrected chi connectivity index (χ1v) is 12.7. The number of methoxy groups -OCH3 is 1. The van der Waals surface area contributed by atoms with Crippen molar-refractivity contribution in [2.75, 3.05) is 32.1 Å². The van der Waals surface area contributed by atoms with Gasteiger partial charge in [-0.2, -0.15) is 0 Å². The summed E-state index contributed by atoms with van der Waals surface area (Å²) in [4.78, 5) is 19.4. The minimum Gasteiger partial charge on any atom is -0.493 e. The van der Waals surface area contributed by atoms with Crippen LogP contribution in [0.4, 0.5) is 5.13 Å². The fourth-order valence-corrected chi connectivity index (χ4v) is 4.94. The zero-order valence-corrected chi connectivity index (χ0v) is 20.8. The quantitative estimate of drug-likeness (QED) is 0.342. The molecular weight excluding hydrogens is 474 g/mol. The second-order valence-electron chi connectivity index (χ2n) is 8.49. The van der Waals surface area contributed by atoms with Crippen molar-refractivity contribution < 1.29 is 14.3 Å². The molecule has 2 aromatic carbocycles. The van der Waals surface area contributed by atoms with Gasteiger partial charge in [0.2, 0.25) is 5.13 Å². The van der Waals surface area contributed by atoms with Gasteiger partial charge in [0.1, 0.15) is 11.1 Å².